The molecule has 0 saturated carbocycles. The van der Waals surface area contributed by atoms with Crippen LogP contribution in [0.5, 0.6) is 5.75 Å². The summed E-state index contributed by atoms with van der Waals surface area (Å²) in [6.45, 7) is 5.32. The molecule has 0 bridgehead atoms. The van der Waals surface area contributed by atoms with Crippen LogP contribution in [-0.2, 0) is 16.1 Å². The molecule has 0 spiro atoms. The third-order valence-electron chi connectivity index (χ3n) is 6.57. The van der Waals surface area contributed by atoms with E-state index in [1.54, 1.807) is 43.6 Å². The Morgan fingerprint density at radius 1 is 0.932 bits per heavy atom. The molecule has 4 rings (SSSR count). The van der Waals surface area contributed by atoms with Gasteiger partial charge in [-0.25, -0.2) is 14.7 Å². The highest BCUT2D eigenvalue weighted by Gasteiger charge is 2.23. The maximum atomic E-state index is 13.6. The SMILES string of the molecule is C=CC(=O)Nc1cccc(N(C(=O)OCc2ccccc2)c2ccnc(Nc3ccc(N(C)CCN(C)C)cc3OC)n2)c1. The Balaban J connectivity index is 1.63. The number of hydrogen-bond acceptors (Lipinski definition) is 9. The van der Waals surface area contributed by atoms with Crippen LogP contribution in [0.15, 0.2) is 97.7 Å². The van der Waals surface area contributed by atoms with Crippen molar-refractivity contribution in [2.45, 2.75) is 6.61 Å². The van der Waals surface area contributed by atoms with Crippen molar-refractivity contribution in [2.75, 3.05) is 61.8 Å². The Bertz CT molecular complexity index is 1580. The van der Waals surface area contributed by atoms with Crippen LogP contribution in [0.4, 0.5) is 39.3 Å². The molecule has 4 aromatic rings. The lowest BCUT2D eigenvalue weighted by molar-refractivity contribution is -0.111. The first-order chi connectivity index (χ1) is 21.3. The number of anilines is 6. The highest BCUT2D eigenvalue weighted by molar-refractivity contribution is 6.00. The van der Waals surface area contributed by atoms with Crippen LogP contribution in [0.1, 0.15) is 5.56 Å². The Labute approximate surface area is 257 Å². The van der Waals surface area contributed by atoms with Gasteiger partial charge in [0.25, 0.3) is 0 Å². The van der Waals surface area contributed by atoms with Crippen molar-refractivity contribution in [1.82, 2.24) is 14.9 Å². The molecule has 228 valence electrons. The Morgan fingerprint density at radius 2 is 1.73 bits per heavy atom. The Hall–Kier alpha value is -5.42. The molecule has 0 aliphatic carbocycles. The molecule has 44 heavy (non-hydrogen) atoms. The van der Waals surface area contributed by atoms with Gasteiger partial charge in [-0.1, -0.05) is 43.0 Å². The van der Waals surface area contributed by atoms with Gasteiger partial charge in [-0.15, -0.1) is 0 Å². The number of hydrogen-bond donors (Lipinski definition) is 2. The molecule has 0 radical (unpaired) electrons. The summed E-state index contributed by atoms with van der Waals surface area (Å²) in [7, 11) is 7.71. The van der Waals surface area contributed by atoms with Crippen molar-refractivity contribution in [3.63, 3.8) is 0 Å². The lowest BCUT2D eigenvalue weighted by atomic mass is 10.2. The smallest absolute Gasteiger partial charge is 0.420 e. The van der Waals surface area contributed by atoms with Crippen molar-refractivity contribution in [3.05, 3.63) is 103 Å². The second kappa shape index (κ2) is 15.2. The zero-order chi connectivity index (χ0) is 31.5. The van der Waals surface area contributed by atoms with Crippen LogP contribution in [0, 0.1) is 0 Å². The zero-order valence-electron chi connectivity index (χ0n) is 25.4. The minimum Gasteiger partial charge on any atom is -0.494 e. The normalized spacial score (nSPS) is 10.6. The average Bonchev–Trinajstić information content (AvgIpc) is 3.03. The van der Waals surface area contributed by atoms with E-state index in [0.717, 1.165) is 24.3 Å². The summed E-state index contributed by atoms with van der Waals surface area (Å²) in [4.78, 5) is 40.1. The van der Waals surface area contributed by atoms with Gasteiger partial charge < -0.3 is 29.9 Å². The van der Waals surface area contributed by atoms with Crippen molar-refractivity contribution in [3.8, 4) is 5.75 Å². The molecule has 2 N–H and O–H groups in total. The van der Waals surface area contributed by atoms with Crippen LogP contribution in [-0.4, -0.2) is 68.2 Å². The van der Waals surface area contributed by atoms with Gasteiger partial charge in [-0.3, -0.25) is 4.79 Å². The molecular formula is C33H37N7O4. The van der Waals surface area contributed by atoms with E-state index in [-0.39, 0.29) is 24.3 Å². The summed E-state index contributed by atoms with van der Waals surface area (Å²) in [5.41, 5.74) is 3.39. The van der Waals surface area contributed by atoms with Crippen LogP contribution in [0.3, 0.4) is 0 Å². The average molecular weight is 596 g/mol. The van der Waals surface area contributed by atoms with Crippen molar-refractivity contribution < 1.29 is 19.1 Å². The molecule has 0 aliphatic rings. The van der Waals surface area contributed by atoms with Crippen LogP contribution in [0.2, 0.25) is 0 Å². The van der Waals surface area contributed by atoms with Gasteiger partial charge in [0.15, 0.2) is 0 Å². The fourth-order valence-corrected chi connectivity index (χ4v) is 4.19. The molecule has 11 heteroatoms. The molecular weight excluding hydrogens is 558 g/mol. The molecule has 0 saturated heterocycles. The van der Waals surface area contributed by atoms with E-state index in [2.05, 4.69) is 37.0 Å². The number of nitrogens with zero attached hydrogens (tertiary/aromatic N) is 5. The zero-order valence-corrected chi connectivity index (χ0v) is 25.4. The molecule has 0 aliphatic heterocycles. The highest BCUT2D eigenvalue weighted by Crippen LogP contribution is 2.32. The van der Waals surface area contributed by atoms with Gasteiger partial charge in [0.05, 0.1) is 18.5 Å². The Morgan fingerprint density at radius 3 is 2.45 bits per heavy atom. The number of carbonyl (C=O) groups excluding carboxylic acids is 2. The maximum Gasteiger partial charge on any atom is 0.420 e. The monoisotopic (exact) mass is 595 g/mol. The van der Waals surface area contributed by atoms with Crippen molar-refractivity contribution in [2.24, 2.45) is 0 Å². The number of ether oxygens (including phenoxy) is 2. The molecule has 1 heterocycles. The van der Waals surface area contributed by atoms with Gasteiger partial charge >= 0.3 is 6.09 Å². The van der Waals surface area contributed by atoms with Gasteiger partial charge in [-0.2, -0.15) is 4.98 Å². The number of carbonyl (C=O) groups is 2. The fourth-order valence-electron chi connectivity index (χ4n) is 4.19. The summed E-state index contributed by atoms with van der Waals surface area (Å²) >= 11 is 0. The molecule has 1 aromatic heterocycles. The molecule has 2 amide bonds. The number of likely N-dealkylation sites (N-methyl/N-ethyl adjacent to an activating group) is 2. The van der Waals surface area contributed by atoms with Gasteiger partial charge in [0, 0.05) is 49.8 Å². The van der Waals surface area contributed by atoms with Gasteiger partial charge in [0.2, 0.25) is 11.9 Å². The molecule has 0 fully saturated rings. The molecule has 0 atom stereocenters. The predicted molar refractivity (Wildman–Crippen MR) is 174 cm³/mol. The number of aromatic nitrogens is 2. The van der Waals surface area contributed by atoms with Crippen LogP contribution >= 0.6 is 0 Å². The van der Waals surface area contributed by atoms with E-state index in [1.165, 1.54) is 11.0 Å². The number of amides is 2. The standard InChI is InChI=1S/C33H37N7O4/c1-6-31(41)35-25-13-10-14-27(21-25)40(33(42)44-23-24-11-8-7-9-12-24)30-17-18-34-32(37-30)36-28-16-15-26(22-29(28)43-5)39(4)20-19-38(2)3/h6-18,21-22H,1,19-20,23H2,2-5H3,(H,35,41)(H,34,36,37). The van der Waals surface area contributed by atoms with E-state index in [0.29, 0.717) is 22.8 Å². The second-order valence-corrected chi connectivity index (χ2v) is 10.1. The maximum absolute atomic E-state index is 13.6. The summed E-state index contributed by atoms with van der Waals surface area (Å²) in [6.07, 6.45) is 2.05. The minimum atomic E-state index is -0.659. The number of rotatable bonds is 13. The lowest BCUT2D eigenvalue weighted by Crippen LogP contribution is -2.28. The lowest BCUT2D eigenvalue weighted by Gasteiger charge is -2.23. The van der Waals surface area contributed by atoms with Crippen molar-refractivity contribution in [1.29, 1.82) is 0 Å². The fraction of sp³-hybridized carbons (Fsp3) is 0.212. The third kappa shape index (κ3) is 8.55. The van der Waals surface area contributed by atoms with E-state index in [1.807, 2.05) is 69.7 Å². The van der Waals surface area contributed by atoms with E-state index in [4.69, 9.17) is 9.47 Å². The number of nitrogens with one attached hydrogen (secondary N) is 2. The first kappa shape index (κ1) is 31.5. The topological polar surface area (TPSA) is 112 Å². The molecule has 11 nitrogen and oxygen atoms in total. The van der Waals surface area contributed by atoms with E-state index in [9.17, 15) is 9.59 Å². The molecule has 0 unspecified atom stereocenters. The number of methoxy groups -OCH3 is 1. The molecule has 3 aromatic carbocycles. The first-order valence-electron chi connectivity index (χ1n) is 14.0. The summed E-state index contributed by atoms with van der Waals surface area (Å²) in [5, 5.41) is 5.92. The van der Waals surface area contributed by atoms with Gasteiger partial charge in [0.1, 0.15) is 18.2 Å². The minimum absolute atomic E-state index is 0.0613. The van der Waals surface area contributed by atoms with E-state index < -0.39 is 6.09 Å². The van der Waals surface area contributed by atoms with Crippen LogP contribution < -0.4 is 25.2 Å². The van der Waals surface area contributed by atoms with Gasteiger partial charge in [-0.05, 0) is 56.1 Å². The third-order valence-corrected chi connectivity index (χ3v) is 6.57. The Kier molecular flexibility index (Phi) is 10.9. The summed E-state index contributed by atoms with van der Waals surface area (Å²) in [5.74, 6) is 0.731. The first-order valence-corrected chi connectivity index (χ1v) is 14.0. The largest absolute Gasteiger partial charge is 0.494 e. The highest BCUT2D eigenvalue weighted by atomic mass is 16.6. The quantitative estimate of drug-likeness (QED) is 0.185. The van der Waals surface area contributed by atoms with Crippen LogP contribution in [0.25, 0.3) is 0 Å². The number of benzene rings is 3. The van der Waals surface area contributed by atoms with Crippen molar-refractivity contribution >= 4 is 46.5 Å². The second-order valence-electron chi connectivity index (χ2n) is 10.1. The summed E-state index contributed by atoms with van der Waals surface area (Å²) < 4.78 is 11.3. The summed E-state index contributed by atoms with van der Waals surface area (Å²) in [6, 6.07) is 23.6. The van der Waals surface area contributed by atoms with E-state index >= 15 is 0 Å². The predicted octanol–water partition coefficient (Wildman–Crippen LogP) is 5.83.